The molecule has 27 heavy (non-hydrogen) atoms. The Morgan fingerprint density at radius 2 is 1.74 bits per heavy atom. The van der Waals surface area contributed by atoms with Crippen molar-refractivity contribution in [1.29, 1.82) is 0 Å². The van der Waals surface area contributed by atoms with E-state index in [9.17, 15) is 9.90 Å². The molecule has 6 nitrogen and oxygen atoms in total. The first-order valence-corrected chi connectivity index (χ1v) is 9.04. The van der Waals surface area contributed by atoms with Crippen molar-refractivity contribution in [3.05, 3.63) is 48.5 Å². The molecule has 2 aromatic carbocycles. The number of benzene rings is 2. The molecule has 0 aliphatic rings. The Kier molecular flexibility index (Phi) is 4.28. The molecule has 1 amide bonds. The molecule has 6 heteroatoms. The van der Waals surface area contributed by atoms with E-state index in [1.54, 1.807) is 13.8 Å². The zero-order valence-electron chi connectivity index (χ0n) is 15.4. The topological polar surface area (TPSA) is 80.0 Å². The molecule has 2 aromatic heterocycles. The van der Waals surface area contributed by atoms with Crippen LogP contribution in [0.4, 0.5) is 0 Å². The van der Waals surface area contributed by atoms with E-state index >= 15 is 0 Å². The highest BCUT2D eigenvalue weighted by molar-refractivity contribution is 6.06. The maximum atomic E-state index is 12.3. The number of nitrogens with one attached hydrogen (secondary N) is 1. The lowest BCUT2D eigenvalue weighted by Crippen LogP contribution is -2.46. The second kappa shape index (κ2) is 6.63. The minimum atomic E-state index is -0.631. The summed E-state index contributed by atoms with van der Waals surface area (Å²) in [5.41, 5.74) is 3.70. The molecule has 0 aliphatic heterocycles. The molecule has 0 saturated heterocycles. The molecule has 0 bridgehead atoms. The van der Waals surface area contributed by atoms with E-state index in [1.807, 2.05) is 48.5 Å². The van der Waals surface area contributed by atoms with Crippen molar-refractivity contribution in [2.24, 2.45) is 0 Å². The van der Waals surface area contributed by atoms with Crippen molar-refractivity contribution < 1.29 is 9.90 Å². The fourth-order valence-corrected chi connectivity index (χ4v) is 3.30. The van der Waals surface area contributed by atoms with Gasteiger partial charge in [0, 0.05) is 18.4 Å². The van der Waals surface area contributed by atoms with E-state index < -0.39 is 5.54 Å². The van der Waals surface area contributed by atoms with Gasteiger partial charge in [0.05, 0.1) is 28.7 Å². The van der Waals surface area contributed by atoms with Crippen LogP contribution in [-0.2, 0) is 11.3 Å². The summed E-state index contributed by atoms with van der Waals surface area (Å²) in [6.07, 6.45) is 0.297. The van der Waals surface area contributed by atoms with Crippen LogP contribution < -0.4 is 5.32 Å². The Morgan fingerprint density at radius 1 is 1.07 bits per heavy atom. The lowest BCUT2D eigenvalue weighted by Gasteiger charge is -2.23. The van der Waals surface area contributed by atoms with Crippen molar-refractivity contribution in [2.45, 2.75) is 32.4 Å². The van der Waals surface area contributed by atoms with Gasteiger partial charge in [-0.15, -0.1) is 0 Å². The summed E-state index contributed by atoms with van der Waals surface area (Å²) in [6, 6.07) is 15.8. The minimum Gasteiger partial charge on any atom is -0.394 e. The number of nitrogens with zero attached hydrogens (tertiary/aromatic N) is 3. The third kappa shape index (κ3) is 3.24. The molecule has 0 aliphatic carbocycles. The molecule has 0 unspecified atom stereocenters. The number of hydrogen-bond acceptors (Lipinski definition) is 4. The molecular formula is C21H22N4O2. The van der Waals surface area contributed by atoms with E-state index in [0.29, 0.717) is 13.0 Å². The standard InChI is InChI=1S/C21H22N4O2/c1-21(2,13-26)24-18(27)11-12-25-17-10-6-3-7-14(17)19-20(25)23-16-9-5-4-8-15(16)22-19/h3-10,26H,11-13H2,1-2H3,(H,24,27). The third-order valence-corrected chi connectivity index (χ3v) is 4.69. The Morgan fingerprint density at radius 3 is 2.48 bits per heavy atom. The van der Waals surface area contributed by atoms with Crippen molar-refractivity contribution in [3.8, 4) is 0 Å². The number of aliphatic hydroxyl groups excluding tert-OH is 1. The highest BCUT2D eigenvalue weighted by atomic mass is 16.3. The monoisotopic (exact) mass is 362 g/mol. The number of para-hydroxylation sites is 3. The van der Waals surface area contributed by atoms with Crippen molar-refractivity contribution >= 4 is 39.0 Å². The maximum absolute atomic E-state index is 12.3. The van der Waals surface area contributed by atoms with Crippen molar-refractivity contribution in [1.82, 2.24) is 19.9 Å². The van der Waals surface area contributed by atoms with Crippen LogP contribution in [0.15, 0.2) is 48.5 Å². The van der Waals surface area contributed by atoms with Crippen LogP contribution in [0.3, 0.4) is 0 Å². The maximum Gasteiger partial charge on any atom is 0.222 e. The number of carbonyl (C=O) groups excluding carboxylic acids is 1. The fraction of sp³-hybridized carbons (Fsp3) is 0.286. The molecule has 2 N–H and O–H groups in total. The minimum absolute atomic E-state index is 0.103. The van der Waals surface area contributed by atoms with Gasteiger partial charge in [-0.1, -0.05) is 30.3 Å². The lowest BCUT2D eigenvalue weighted by atomic mass is 10.1. The molecule has 0 radical (unpaired) electrons. The third-order valence-electron chi connectivity index (χ3n) is 4.69. The van der Waals surface area contributed by atoms with Crippen LogP contribution in [0.5, 0.6) is 0 Å². The summed E-state index contributed by atoms with van der Waals surface area (Å²) in [5.74, 6) is -0.103. The smallest absolute Gasteiger partial charge is 0.222 e. The quantitative estimate of drug-likeness (QED) is 0.572. The summed E-state index contributed by atoms with van der Waals surface area (Å²) in [7, 11) is 0. The van der Waals surface area contributed by atoms with Crippen molar-refractivity contribution in [3.63, 3.8) is 0 Å². The molecule has 4 aromatic rings. The zero-order chi connectivity index (χ0) is 19.0. The molecule has 138 valence electrons. The van der Waals surface area contributed by atoms with Crippen LogP contribution in [0, 0.1) is 0 Å². The second-order valence-electron chi connectivity index (χ2n) is 7.39. The normalized spacial score (nSPS) is 12.1. The van der Waals surface area contributed by atoms with Crippen molar-refractivity contribution in [2.75, 3.05) is 6.61 Å². The molecule has 0 spiro atoms. The highest BCUT2D eigenvalue weighted by Crippen LogP contribution is 2.28. The number of aromatic nitrogens is 3. The second-order valence-corrected chi connectivity index (χ2v) is 7.39. The SMILES string of the molecule is CC(C)(CO)NC(=O)CCn1c2ccccc2c2nc3ccccc3nc21. The molecule has 0 atom stereocenters. The molecule has 0 fully saturated rings. The first-order chi connectivity index (χ1) is 13.0. The summed E-state index contributed by atoms with van der Waals surface area (Å²) in [5, 5.41) is 13.2. The average Bonchev–Trinajstić information content (AvgIpc) is 2.97. The first kappa shape index (κ1) is 17.4. The Balaban J connectivity index is 1.76. The van der Waals surface area contributed by atoms with Gasteiger partial charge in [-0.2, -0.15) is 0 Å². The van der Waals surface area contributed by atoms with Crippen LogP contribution in [0.2, 0.25) is 0 Å². The predicted octanol–water partition coefficient (Wildman–Crippen LogP) is 3.01. The van der Waals surface area contributed by atoms with E-state index in [1.165, 1.54) is 0 Å². The summed E-state index contributed by atoms with van der Waals surface area (Å²) in [4.78, 5) is 21.9. The highest BCUT2D eigenvalue weighted by Gasteiger charge is 2.20. The number of amides is 1. The Labute approximate surface area is 156 Å². The van der Waals surface area contributed by atoms with E-state index in [-0.39, 0.29) is 12.5 Å². The van der Waals surface area contributed by atoms with Gasteiger partial charge >= 0.3 is 0 Å². The van der Waals surface area contributed by atoms with E-state index in [4.69, 9.17) is 9.97 Å². The van der Waals surface area contributed by atoms with E-state index in [0.717, 1.165) is 33.1 Å². The van der Waals surface area contributed by atoms with Crippen LogP contribution in [0.1, 0.15) is 20.3 Å². The molecule has 2 heterocycles. The number of fused-ring (bicyclic) bond motifs is 4. The van der Waals surface area contributed by atoms with Crippen LogP contribution in [-0.4, -0.2) is 37.7 Å². The van der Waals surface area contributed by atoms with Gasteiger partial charge < -0.3 is 15.0 Å². The number of aryl methyl sites for hydroxylation is 1. The van der Waals surface area contributed by atoms with Gasteiger partial charge in [-0.05, 0) is 32.0 Å². The summed E-state index contributed by atoms with van der Waals surface area (Å²) >= 11 is 0. The number of aliphatic hydroxyl groups is 1. The first-order valence-electron chi connectivity index (χ1n) is 9.04. The lowest BCUT2D eigenvalue weighted by molar-refractivity contribution is -0.123. The number of rotatable bonds is 5. The van der Waals surface area contributed by atoms with Gasteiger partial charge in [0.15, 0.2) is 5.65 Å². The molecule has 0 saturated carbocycles. The Hall–Kier alpha value is -2.99. The van der Waals surface area contributed by atoms with Gasteiger partial charge in [0.25, 0.3) is 0 Å². The predicted molar refractivity (Wildman–Crippen MR) is 106 cm³/mol. The van der Waals surface area contributed by atoms with Gasteiger partial charge in [0.2, 0.25) is 5.91 Å². The fourth-order valence-electron chi connectivity index (χ4n) is 3.30. The summed E-state index contributed by atoms with van der Waals surface area (Å²) < 4.78 is 2.05. The number of hydrogen-bond donors (Lipinski definition) is 2. The average molecular weight is 362 g/mol. The van der Waals surface area contributed by atoms with Gasteiger partial charge in [0.1, 0.15) is 5.52 Å². The summed E-state index contributed by atoms with van der Waals surface area (Å²) in [6.45, 7) is 3.97. The Bertz CT molecular complexity index is 1150. The molecular weight excluding hydrogens is 340 g/mol. The zero-order valence-corrected chi connectivity index (χ0v) is 15.4. The molecule has 4 rings (SSSR count). The van der Waals surface area contributed by atoms with Gasteiger partial charge in [-0.3, -0.25) is 4.79 Å². The van der Waals surface area contributed by atoms with E-state index in [2.05, 4.69) is 9.88 Å². The van der Waals surface area contributed by atoms with Crippen LogP contribution >= 0.6 is 0 Å². The largest absolute Gasteiger partial charge is 0.394 e. The van der Waals surface area contributed by atoms with Crippen LogP contribution in [0.25, 0.3) is 33.1 Å². The number of carbonyl (C=O) groups is 1. The van der Waals surface area contributed by atoms with Gasteiger partial charge in [-0.25, -0.2) is 9.97 Å².